The van der Waals surface area contributed by atoms with Gasteiger partial charge >= 0.3 is 16.3 Å². The number of fused-ring (bicyclic) bond motifs is 1. The first-order chi connectivity index (χ1) is 8.44. The predicted octanol–water partition coefficient (Wildman–Crippen LogP) is -1.32. The summed E-state index contributed by atoms with van der Waals surface area (Å²) in [5, 5.41) is 0. The van der Waals surface area contributed by atoms with Crippen LogP contribution < -0.4 is 15.2 Å². The molecule has 4 atom stereocenters. The standard InChI is InChI=1S/C9H17N3O5S/c1-16-9(13)12-18(14,15)11-7-6(10)5-3-2-4-17-8(5)7/h5-8,11H,2-4,10H2,1H3,(H,12,13). The Hall–Kier alpha value is -0.900. The normalized spacial score (nSPS) is 35.2. The Balaban J connectivity index is 1.95. The van der Waals surface area contributed by atoms with Gasteiger partial charge in [0, 0.05) is 18.6 Å². The summed E-state index contributed by atoms with van der Waals surface area (Å²) in [4.78, 5) is 10.9. The van der Waals surface area contributed by atoms with Crippen LogP contribution in [0.1, 0.15) is 12.8 Å². The largest absolute Gasteiger partial charge is 0.452 e. The average Bonchev–Trinajstić information content (AvgIpc) is 2.35. The zero-order valence-corrected chi connectivity index (χ0v) is 10.8. The first-order valence-electron chi connectivity index (χ1n) is 5.70. The Morgan fingerprint density at radius 2 is 2.22 bits per heavy atom. The van der Waals surface area contributed by atoms with Gasteiger partial charge in [0.2, 0.25) is 0 Å². The molecule has 0 aromatic rings. The lowest BCUT2D eigenvalue weighted by molar-refractivity contribution is -0.114. The maximum atomic E-state index is 11.6. The molecule has 1 aliphatic heterocycles. The van der Waals surface area contributed by atoms with E-state index in [4.69, 9.17) is 10.5 Å². The fourth-order valence-corrected chi connectivity index (χ4v) is 3.46. The molecule has 0 radical (unpaired) electrons. The molecular weight excluding hydrogens is 262 g/mol. The maximum absolute atomic E-state index is 11.6. The van der Waals surface area contributed by atoms with Crippen molar-refractivity contribution in [3.05, 3.63) is 0 Å². The van der Waals surface area contributed by atoms with E-state index in [-0.39, 0.29) is 18.1 Å². The van der Waals surface area contributed by atoms with E-state index in [0.29, 0.717) is 6.61 Å². The fraction of sp³-hybridized carbons (Fsp3) is 0.889. The van der Waals surface area contributed by atoms with Crippen molar-refractivity contribution in [2.45, 2.75) is 31.0 Å². The van der Waals surface area contributed by atoms with Crippen molar-refractivity contribution in [1.82, 2.24) is 9.44 Å². The third-order valence-electron chi connectivity index (χ3n) is 3.37. The third kappa shape index (κ3) is 2.58. The van der Waals surface area contributed by atoms with Crippen LogP contribution in [0.4, 0.5) is 4.79 Å². The highest BCUT2D eigenvalue weighted by Crippen LogP contribution is 2.37. The molecule has 0 spiro atoms. The van der Waals surface area contributed by atoms with Gasteiger partial charge < -0.3 is 15.2 Å². The second kappa shape index (κ2) is 5.00. The van der Waals surface area contributed by atoms with Crippen LogP contribution in [0.3, 0.4) is 0 Å². The van der Waals surface area contributed by atoms with Crippen LogP contribution >= 0.6 is 0 Å². The van der Waals surface area contributed by atoms with Crippen molar-refractivity contribution in [2.75, 3.05) is 13.7 Å². The molecule has 0 aromatic carbocycles. The average molecular weight is 279 g/mol. The maximum Gasteiger partial charge on any atom is 0.421 e. The third-order valence-corrected chi connectivity index (χ3v) is 4.39. The molecule has 104 valence electrons. The minimum Gasteiger partial charge on any atom is -0.452 e. The lowest BCUT2D eigenvalue weighted by atomic mass is 9.69. The highest BCUT2D eigenvalue weighted by Gasteiger charge is 2.51. The molecule has 4 unspecified atom stereocenters. The summed E-state index contributed by atoms with van der Waals surface area (Å²) in [5.41, 5.74) is 5.90. The van der Waals surface area contributed by atoms with E-state index in [2.05, 4.69) is 9.46 Å². The zero-order chi connectivity index (χ0) is 13.3. The van der Waals surface area contributed by atoms with Crippen LogP contribution in [0.15, 0.2) is 0 Å². The molecule has 1 amide bonds. The van der Waals surface area contributed by atoms with Crippen molar-refractivity contribution in [3.63, 3.8) is 0 Å². The van der Waals surface area contributed by atoms with Gasteiger partial charge in [-0.05, 0) is 12.8 Å². The molecule has 4 N–H and O–H groups in total. The Kier molecular flexibility index (Phi) is 3.76. The van der Waals surface area contributed by atoms with Crippen LogP contribution in [0, 0.1) is 5.92 Å². The predicted molar refractivity (Wildman–Crippen MR) is 61.8 cm³/mol. The van der Waals surface area contributed by atoms with E-state index in [1.54, 1.807) is 4.72 Å². The second-order valence-corrected chi connectivity index (χ2v) is 5.91. The number of hydrogen-bond donors (Lipinski definition) is 3. The molecule has 9 heteroatoms. The number of nitrogens with one attached hydrogen (secondary N) is 2. The first kappa shape index (κ1) is 13.5. The molecule has 2 aliphatic rings. The minimum absolute atomic E-state index is 0.185. The van der Waals surface area contributed by atoms with Crippen molar-refractivity contribution < 1.29 is 22.7 Å². The van der Waals surface area contributed by atoms with Gasteiger partial charge in [-0.3, -0.25) is 0 Å². The molecule has 1 saturated carbocycles. The van der Waals surface area contributed by atoms with Crippen molar-refractivity contribution >= 4 is 16.3 Å². The van der Waals surface area contributed by atoms with Gasteiger partial charge in [0.15, 0.2) is 0 Å². The number of carbonyl (C=O) groups is 1. The number of methoxy groups -OCH3 is 1. The SMILES string of the molecule is COC(=O)NS(=O)(=O)NC1C(N)C2CCCOC21. The van der Waals surface area contributed by atoms with Gasteiger partial charge in [0.1, 0.15) is 0 Å². The summed E-state index contributed by atoms with van der Waals surface area (Å²) in [6.45, 7) is 0.608. The van der Waals surface area contributed by atoms with E-state index in [1.807, 2.05) is 0 Å². The molecule has 1 heterocycles. The molecule has 1 saturated heterocycles. The van der Waals surface area contributed by atoms with E-state index >= 15 is 0 Å². The van der Waals surface area contributed by atoms with Crippen molar-refractivity contribution in [2.24, 2.45) is 11.7 Å². The van der Waals surface area contributed by atoms with Gasteiger partial charge in [-0.2, -0.15) is 13.1 Å². The highest BCUT2D eigenvalue weighted by atomic mass is 32.2. The lowest BCUT2D eigenvalue weighted by Crippen LogP contribution is -2.72. The van der Waals surface area contributed by atoms with E-state index in [9.17, 15) is 13.2 Å². The lowest BCUT2D eigenvalue weighted by Gasteiger charge is -2.52. The Morgan fingerprint density at radius 1 is 1.50 bits per heavy atom. The van der Waals surface area contributed by atoms with Gasteiger partial charge in [0.25, 0.3) is 0 Å². The number of hydrogen-bond acceptors (Lipinski definition) is 6. The molecule has 0 bridgehead atoms. The molecular formula is C9H17N3O5S. The highest BCUT2D eigenvalue weighted by molar-refractivity contribution is 7.88. The number of rotatable bonds is 3. The number of nitrogens with two attached hydrogens (primary N) is 1. The quantitative estimate of drug-likeness (QED) is 0.589. The molecule has 2 fully saturated rings. The van der Waals surface area contributed by atoms with Crippen LogP contribution in [0.5, 0.6) is 0 Å². The van der Waals surface area contributed by atoms with Crippen molar-refractivity contribution in [1.29, 1.82) is 0 Å². The Morgan fingerprint density at radius 3 is 2.89 bits per heavy atom. The van der Waals surface area contributed by atoms with Gasteiger partial charge in [0.05, 0.1) is 19.3 Å². The molecule has 1 aliphatic carbocycles. The summed E-state index contributed by atoms with van der Waals surface area (Å²) in [5.74, 6) is 0.185. The van der Waals surface area contributed by atoms with Crippen molar-refractivity contribution in [3.8, 4) is 0 Å². The zero-order valence-electron chi connectivity index (χ0n) is 9.96. The summed E-state index contributed by atoms with van der Waals surface area (Å²) in [6, 6.07) is -0.790. The first-order valence-corrected chi connectivity index (χ1v) is 7.18. The topological polar surface area (TPSA) is 120 Å². The fourth-order valence-electron chi connectivity index (χ4n) is 2.45. The number of ether oxygens (including phenoxy) is 2. The van der Waals surface area contributed by atoms with E-state index in [0.717, 1.165) is 20.0 Å². The smallest absolute Gasteiger partial charge is 0.421 e. The van der Waals surface area contributed by atoms with Crippen LogP contribution in [-0.2, 0) is 19.7 Å². The number of amides is 1. The van der Waals surface area contributed by atoms with Gasteiger partial charge in [-0.15, -0.1) is 0 Å². The minimum atomic E-state index is -3.97. The summed E-state index contributed by atoms with van der Waals surface area (Å²) >= 11 is 0. The molecule has 8 nitrogen and oxygen atoms in total. The summed E-state index contributed by atoms with van der Waals surface area (Å²) in [6.07, 6.45) is 0.628. The second-order valence-electron chi connectivity index (χ2n) is 4.46. The summed E-state index contributed by atoms with van der Waals surface area (Å²) in [7, 11) is -2.89. The number of carbonyl (C=O) groups excluding carboxylic acids is 1. The van der Waals surface area contributed by atoms with Crippen LogP contribution in [0.2, 0.25) is 0 Å². The molecule has 18 heavy (non-hydrogen) atoms. The van der Waals surface area contributed by atoms with Gasteiger partial charge in [-0.1, -0.05) is 0 Å². The molecule has 2 rings (SSSR count). The van der Waals surface area contributed by atoms with Crippen LogP contribution in [-0.4, -0.2) is 46.4 Å². The Labute approximate surface area is 105 Å². The monoisotopic (exact) mass is 279 g/mol. The molecule has 0 aromatic heterocycles. The van der Waals surface area contributed by atoms with Crippen LogP contribution in [0.25, 0.3) is 0 Å². The summed E-state index contributed by atoms with van der Waals surface area (Å²) < 4.78 is 36.9. The van der Waals surface area contributed by atoms with E-state index in [1.165, 1.54) is 0 Å². The van der Waals surface area contributed by atoms with Gasteiger partial charge in [-0.25, -0.2) is 9.52 Å². The Bertz CT molecular complexity index is 426. The van der Waals surface area contributed by atoms with E-state index < -0.39 is 22.3 Å².